The summed E-state index contributed by atoms with van der Waals surface area (Å²) in [5, 5.41) is 28.7. The molecule has 4 rings (SSSR count). The molecule has 3 N–H and O–H groups in total. The standard InChI is InChI=1S/C24H17F3N4O4/c1-13-20(22(33)31(30-13)17-8-3-7-16(12-17)24(25,26)27)29-28-19-10-4-9-18(21(19)32)14-5-2-6-15(11-14)23(34)35/h2-12,28,32H,1H3,(H,34,35)/b29-20-. The number of aromatic carboxylic acids is 1. The normalized spacial score (nSPS) is 14.9. The molecule has 3 aromatic carbocycles. The van der Waals surface area contributed by atoms with Crippen LogP contribution >= 0.6 is 0 Å². The minimum absolute atomic E-state index is 0.0403. The van der Waals surface area contributed by atoms with E-state index in [0.29, 0.717) is 11.1 Å². The van der Waals surface area contributed by atoms with Crippen LogP contribution in [0, 0.1) is 0 Å². The number of carbonyl (C=O) groups excluding carboxylic acids is 1. The van der Waals surface area contributed by atoms with Crippen molar-refractivity contribution in [3.8, 4) is 16.9 Å². The number of alkyl halides is 3. The van der Waals surface area contributed by atoms with Crippen LogP contribution in [0.15, 0.2) is 76.9 Å². The summed E-state index contributed by atoms with van der Waals surface area (Å²) in [5.41, 5.74) is 2.53. The number of phenolic OH excluding ortho intramolecular Hbond substituents is 1. The zero-order chi connectivity index (χ0) is 25.3. The lowest BCUT2D eigenvalue weighted by Gasteiger charge is -2.14. The fraction of sp³-hybridized carbons (Fsp3) is 0.0833. The molecule has 8 nitrogen and oxygen atoms in total. The topological polar surface area (TPSA) is 115 Å². The number of amides is 1. The number of anilines is 2. The lowest BCUT2D eigenvalue weighted by atomic mass is 10.0. The second-order valence-corrected chi connectivity index (χ2v) is 7.51. The molecule has 0 fully saturated rings. The molecule has 1 aliphatic heterocycles. The van der Waals surface area contributed by atoms with Gasteiger partial charge in [0.2, 0.25) is 0 Å². The molecule has 178 valence electrons. The van der Waals surface area contributed by atoms with E-state index in [-0.39, 0.29) is 34.1 Å². The molecule has 0 aliphatic carbocycles. The molecule has 0 unspecified atom stereocenters. The molecule has 11 heteroatoms. The van der Waals surface area contributed by atoms with Gasteiger partial charge in [-0.15, -0.1) is 0 Å². The summed E-state index contributed by atoms with van der Waals surface area (Å²) in [5.74, 6) is -2.11. The number of halogens is 3. The highest BCUT2D eigenvalue weighted by Gasteiger charge is 2.34. The number of rotatable bonds is 5. The van der Waals surface area contributed by atoms with Crippen molar-refractivity contribution in [2.45, 2.75) is 13.1 Å². The van der Waals surface area contributed by atoms with E-state index in [1.165, 1.54) is 43.3 Å². The van der Waals surface area contributed by atoms with Crippen molar-refractivity contribution in [1.82, 2.24) is 0 Å². The Morgan fingerprint density at radius 2 is 1.77 bits per heavy atom. The van der Waals surface area contributed by atoms with Crippen molar-refractivity contribution in [2.24, 2.45) is 10.2 Å². The van der Waals surface area contributed by atoms with Crippen molar-refractivity contribution in [3.63, 3.8) is 0 Å². The SMILES string of the molecule is CC1=NN(c2cccc(C(F)(F)F)c2)C(=O)/C1=N\Nc1cccc(-c2cccc(C(=O)O)c2)c1O. The van der Waals surface area contributed by atoms with Crippen LogP contribution in [0.5, 0.6) is 5.75 Å². The Labute approximate surface area is 196 Å². The average molecular weight is 482 g/mol. The van der Waals surface area contributed by atoms with Crippen molar-refractivity contribution in [1.29, 1.82) is 0 Å². The highest BCUT2D eigenvalue weighted by atomic mass is 19.4. The number of carbonyl (C=O) groups is 2. The number of hydrogen-bond acceptors (Lipinski definition) is 6. The molecule has 0 spiro atoms. The van der Waals surface area contributed by atoms with Gasteiger partial charge in [-0.05, 0) is 48.9 Å². The molecule has 0 saturated heterocycles. The van der Waals surface area contributed by atoms with Crippen molar-refractivity contribution in [3.05, 3.63) is 77.9 Å². The number of para-hydroxylation sites is 1. The van der Waals surface area contributed by atoms with Crippen LogP contribution in [0.2, 0.25) is 0 Å². The average Bonchev–Trinajstić information content (AvgIpc) is 3.11. The van der Waals surface area contributed by atoms with Crippen LogP contribution in [0.1, 0.15) is 22.8 Å². The number of nitrogens with one attached hydrogen (secondary N) is 1. The summed E-state index contributed by atoms with van der Waals surface area (Å²) in [6, 6.07) is 14.8. The van der Waals surface area contributed by atoms with Gasteiger partial charge in [-0.3, -0.25) is 10.2 Å². The van der Waals surface area contributed by atoms with E-state index in [9.17, 15) is 33.0 Å². The smallest absolute Gasteiger partial charge is 0.416 e. The number of hydrogen-bond donors (Lipinski definition) is 3. The van der Waals surface area contributed by atoms with Crippen LogP contribution in [-0.2, 0) is 11.0 Å². The fourth-order valence-corrected chi connectivity index (χ4v) is 3.42. The molecule has 0 bridgehead atoms. The number of carboxylic acid groups (broad SMARTS) is 1. The summed E-state index contributed by atoms with van der Waals surface area (Å²) in [4.78, 5) is 24.1. The summed E-state index contributed by atoms with van der Waals surface area (Å²) >= 11 is 0. The van der Waals surface area contributed by atoms with Gasteiger partial charge in [-0.25, -0.2) is 4.79 Å². The van der Waals surface area contributed by atoms with Gasteiger partial charge in [-0.2, -0.15) is 28.4 Å². The number of hydrazone groups is 2. The quantitative estimate of drug-likeness (QED) is 0.351. The second-order valence-electron chi connectivity index (χ2n) is 7.51. The molecule has 0 radical (unpaired) electrons. The minimum atomic E-state index is -4.58. The maximum absolute atomic E-state index is 13.0. The van der Waals surface area contributed by atoms with E-state index in [1.54, 1.807) is 18.2 Å². The molecule has 0 atom stereocenters. The Hall–Kier alpha value is -4.67. The van der Waals surface area contributed by atoms with Gasteiger partial charge in [0.1, 0.15) is 5.75 Å². The number of phenols is 1. The van der Waals surface area contributed by atoms with E-state index in [4.69, 9.17) is 0 Å². The maximum Gasteiger partial charge on any atom is 0.416 e. The first-order valence-corrected chi connectivity index (χ1v) is 10.1. The third kappa shape index (κ3) is 4.69. The highest BCUT2D eigenvalue weighted by molar-refractivity contribution is 6.71. The number of aromatic hydroxyl groups is 1. The van der Waals surface area contributed by atoms with Crippen LogP contribution in [0.4, 0.5) is 24.5 Å². The van der Waals surface area contributed by atoms with Gasteiger partial charge < -0.3 is 10.2 Å². The van der Waals surface area contributed by atoms with E-state index in [1.807, 2.05) is 0 Å². The Morgan fingerprint density at radius 1 is 1.06 bits per heavy atom. The molecule has 1 aliphatic rings. The first-order valence-electron chi connectivity index (χ1n) is 10.1. The van der Waals surface area contributed by atoms with Crippen molar-refractivity contribution in [2.75, 3.05) is 10.4 Å². The predicted octanol–water partition coefficient (Wildman–Crippen LogP) is 4.97. The molecule has 1 heterocycles. The van der Waals surface area contributed by atoms with Crippen molar-refractivity contribution < 1.29 is 33.0 Å². The first-order chi connectivity index (χ1) is 16.6. The Morgan fingerprint density at radius 3 is 2.49 bits per heavy atom. The van der Waals surface area contributed by atoms with Gasteiger partial charge >= 0.3 is 18.1 Å². The van der Waals surface area contributed by atoms with E-state index in [0.717, 1.165) is 17.1 Å². The summed E-state index contributed by atoms with van der Waals surface area (Å²) in [7, 11) is 0. The first kappa shape index (κ1) is 23.5. The predicted molar refractivity (Wildman–Crippen MR) is 124 cm³/mol. The maximum atomic E-state index is 13.0. The number of nitrogens with zero attached hydrogens (tertiary/aromatic N) is 3. The summed E-state index contributed by atoms with van der Waals surface area (Å²) < 4.78 is 39.1. The van der Waals surface area contributed by atoms with E-state index in [2.05, 4.69) is 15.6 Å². The van der Waals surface area contributed by atoms with Crippen LogP contribution in [0.25, 0.3) is 11.1 Å². The zero-order valence-corrected chi connectivity index (χ0v) is 18.0. The number of benzene rings is 3. The monoisotopic (exact) mass is 482 g/mol. The molecule has 1 amide bonds. The zero-order valence-electron chi connectivity index (χ0n) is 18.0. The molecule has 0 aromatic heterocycles. The molecule has 3 aromatic rings. The second kappa shape index (κ2) is 8.93. The van der Waals surface area contributed by atoms with Gasteiger partial charge in [0.25, 0.3) is 0 Å². The largest absolute Gasteiger partial charge is 0.505 e. The Kier molecular flexibility index (Phi) is 6.00. The molecule has 35 heavy (non-hydrogen) atoms. The number of carboxylic acids is 1. The van der Waals surface area contributed by atoms with Gasteiger partial charge in [-0.1, -0.05) is 30.3 Å². The fourth-order valence-electron chi connectivity index (χ4n) is 3.42. The highest BCUT2D eigenvalue weighted by Crippen LogP contribution is 2.36. The molecular weight excluding hydrogens is 465 g/mol. The van der Waals surface area contributed by atoms with Crippen molar-refractivity contribution >= 4 is 34.7 Å². The lowest BCUT2D eigenvalue weighted by molar-refractivity contribution is -0.137. The molecule has 0 saturated carbocycles. The van der Waals surface area contributed by atoms with Gasteiger partial charge in [0, 0.05) is 5.56 Å². The van der Waals surface area contributed by atoms with Gasteiger partial charge in [0.15, 0.2) is 5.71 Å². The lowest BCUT2D eigenvalue weighted by Crippen LogP contribution is -2.28. The minimum Gasteiger partial charge on any atom is -0.505 e. The van der Waals surface area contributed by atoms with Crippen LogP contribution in [-0.4, -0.2) is 33.5 Å². The Bertz CT molecular complexity index is 1400. The van der Waals surface area contributed by atoms with E-state index < -0.39 is 23.6 Å². The summed E-state index contributed by atoms with van der Waals surface area (Å²) in [6.07, 6.45) is -4.58. The van der Waals surface area contributed by atoms with E-state index >= 15 is 0 Å². The van der Waals surface area contributed by atoms with Crippen LogP contribution < -0.4 is 10.4 Å². The van der Waals surface area contributed by atoms with Gasteiger partial charge in [0.05, 0.1) is 28.2 Å². The van der Waals surface area contributed by atoms with Crippen LogP contribution in [0.3, 0.4) is 0 Å². The Balaban J connectivity index is 1.60. The third-order valence-corrected chi connectivity index (χ3v) is 5.15. The summed E-state index contributed by atoms with van der Waals surface area (Å²) in [6.45, 7) is 1.47. The third-order valence-electron chi connectivity index (χ3n) is 5.15. The molecular formula is C24H17F3N4O4.